The maximum absolute atomic E-state index is 13.1. The Morgan fingerprint density at radius 2 is 1.76 bits per heavy atom. The predicted molar refractivity (Wildman–Crippen MR) is 71.1 cm³/mol. The molecule has 0 spiro atoms. The second kappa shape index (κ2) is 6.67. The number of alkyl halides is 3. The highest BCUT2D eigenvalue weighted by Gasteiger charge is 2.41. The molecule has 0 unspecified atom stereocenters. The van der Waals surface area contributed by atoms with Gasteiger partial charge in [-0.2, -0.15) is 13.2 Å². The lowest BCUT2D eigenvalue weighted by Gasteiger charge is -2.20. The lowest BCUT2D eigenvalue weighted by molar-refractivity contribution is -0.150. The molecule has 0 fully saturated rings. The zero-order chi connectivity index (χ0) is 15.3. The molecule has 0 saturated carbocycles. The average Bonchev–Trinajstić information content (AvgIpc) is 2.45. The first-order valence-electron chi connectivity index (χ1n) is 6.39. The van der Waals surface area contributed by atoms with E-state index < -0.39 is 17.9 Å². The van der Waals surface area contributed by atoms with E-state index in [1.54, 1.807) is 0 Å². The Bertz CT molecular complexity index is 552. The van der Waals surface area contributed by atoms with Gasteiger partial charge in [0.2, 0.25) is 0 Å². The van der Waals surface area contributed by atoms with Gasteiger partial charge in [0.1, 0.15) is 11.7 Å². The SMILES string of the molecule is Fc1ccc([C@H](CNCc2ccccc2)C(F)(F)F)nc1. The second-order valence-corrected chi connectivity index (χ2v) is 4.61. The molecule has 112 valence electrons. The molecule has 0 saturated heterocycles. The number of hydrogen-bond donors (Lipinski definition) is 1. The predicted octanol–water partition coefficient (Wildman–Crippen LogP) is 3.66. The number of rotatable bonds is 5. The fourth-order valence-corrected chi connectivity index (χ4v) is 1.94. The van der Waals surface area contributed by atoms with Crippen LogP contribution in [-0.2, 0) is 6.54 Å². The van der Waals surface area contributed by atoms with Gasteiger partial charge in [-0.3, -0.25) is 4.98 Å². The molecule has 0 aliphatic rings. The largest absolute Gasteiger partial charge is 0.398 e. The summed E-state index contributed by atoms with van der Waals surface area (Å²) < 4.78 is 51.9. The highest BCUT2D eigenvalue weighted by Crippen LogP contribution is 2.33. The number of benzene rings is 1. The summed E-state index contributed by atoms with van der Waals surface area (Å²) in [4.78, 5) is 3.54. The minimum Gasteiger partial charge on any atom is -0.312 e. The summed E-state index contributed by atoms with van der Waals surface area (Å²) in [5.41, 5.74) is 0.704. The molecule has 0 aliphatic carbocycles. The molecular weight excluding hydrogens is 284 g/mol. The van der Waals surface area contributed by atoms with Gasteiger partial charge in [-0.15, -0.1) is 0 Å². The number of nitrogens with zero attached hydrogens (tertiary/aromatic N) is 1. The first kappa shape index (κ1) is 15.4. The lowest BCUT2D eigenvalue weighted by Crippen LogP contribution is -2.32. The van der Waals surface area contributed by atoms with Crippen molar-refractivity contribution in [2.45, 2.75) is 18.6 Å². The molecule has 21 heavy (non-hydrogen) atoms. The number of aromatic nitrogens is 1. The van der Waals surface area contributed by atoms with E-state index in [9.17, 15) is 17.6 Å². The number of halogens is 4. The van der Waals surface area contributed by atoms with Crippen molar-refractivity contribution >= 4 is 0 Å². The third-order valence-electron chi connectivity index (χ3n) is 3.02. The molecule has 0 radical (unpaired) electrons. The molecule has 2 rings (SSSR count). The molecule has 0 bridgehead atoms. The molecule has 1 aromatic heterocycles. The summed E-state index contributed by atoms with van der Waals surface area (Å²) in [6.07, 6.45) is -3.64. The first-order valence-corrected chi connectivity index (χ1v) is 6.39. The normalized spacial score (nSPS) is 13.1. The minimum atomic E-state index is -4.44. The Labute approximate surface area is 119 Å². The van der Waals surface area contributed by atoms with Crippen LogP contribution in [0.1, 0.15) is 17.2 Å². The van der Waals surface area contributed by atoms with Crippen LogP contribution in [0.15, 0.2) is 48.7 Å². The first-order chi connectivity index (χ1) is 9.97. The molecule has 2 nitrogen and oxygen atoms in total. The summed E-state index contributed by atoms with van der Waals surface area (Å²) in [5, 5.41) is 2.77. The molecule has 1 atom stereocenters. The van der Waals surface area contributed by atoms with Gasteiger partial charge in [-0.25, -0.2) is 4.39 Å². The van der Waals surface area contributed by atoms with E-state index in [0.29, 0.717) is 6.54 Å². The lowest BCUT2D eigenvalue weighted by atomic mass is 10.0. The minimum absolute atomic E-state index is 0.190. The Balaban J connectivity index is 2.02. The summed E-state index contributed by atoms with van der Waals surface area (Å²) in [6, 6.07) is 11.2. The van der Waals surface area contributed by atoms with Crippen molar-refractivity contribution in [3.63, 3.8) is 0 Å². The van der Waals surface area contributed by atoms with Gasteiger partial charge >= 0.3 is 6.18 Å². The number of pyridine rings is 1. The van der Waals surface area contributed by atoms with Crippen LogP contribution in [0.3, 0.4) is 0 Å². The van der Waals surface area contributed by atoms with Gasteiger partial charge in [0.05, 0.1) is 11.9 Å². The third-order valence-corrected chi connectivity index (χ3v) is 3.02. The fourth-order valence-electron chi connectivity index (χ4n) is 1.94. The molecule has 0 amide bonds. The molecular formula is C15H14F4N2. The topological polar surface area (TPSA) is 24.9 Å². The van der Waals surface area contributed by atoms with Crippen LogP contribution in [0.2, 0.25) is 0 Å². The third kappa shape index (κ3) is 4.53. The van der Waals surface area contributed by atoms with Crippen molar-refractivity contribution in [2.75, 3.05) is 6.54 Å². The van der Waals surface area contributed by atoms with Crippen molar-refractivity contribution in [3.05, 3.63) is 65.7 Å². The van der Waals surface area contributed by atoms with E-state index in [1.807, 2.05) is 30.3 Å². The molecule has 1 aromatic carbocycles. The molecule has 6 heteroatoms. The summed E-state index contributed by atoms with van der Waals surface area (Å²) in [6.45, 7) is 0.0195. The molecule has 1 heterocycles. The van der Waals surface area contributed by atoms with E-state index in [-0.39, 0.29) is 12.2 Å². The van der Waals surface area contributed by atoms with E-state index >= 15 is 0 Å². The van der Waals surface area contributed by atoms with Gasteiger partial charge in [0, 0.05) is 13.1 Å². The maximum Gasteiger partial charge on any atom is 0.398 e. The average molecular weight is 298 g/mol. The monoisotopic (exact) mass is 298 g/mol. The molecule has 1 N–H and O–H groups in total. The van der Waals surface area contributed by atoms with Crippen LogP contribution in [-0.4, -0.2) is 17.7 Å². The van der Waals surface area contributed by atoms with Crippen molar-refractivity contribution < 1.29 is 17.6 Å². The molecule has 0 aliphatic heterocycles. The smallest absolute Gasteiger partial charge is 0.312 e. The van der Waals surface area contributed by atoms with Crippen molar-refractivity contribution in [3.8, 4) is 0 Å². The second-order valence-electron chi connectivity index (χ2n) is 4.61. The maximum atomic E-state index is 13.1. The summed E-state index contributed by atoms with van der Waals surface area (Å²) in [5.74, 6) is -2.42. The number of hydrogen-bond acceptors (Lipinski definition) is 2. The zero-order valence-corrected chi connectivity index (χ0v) is 11.1. The summed E-state index contributed by atoms with van der Waals surface area (Å²) in [7, 11) is 0. The van der Waals surface area contributed by atoms with Crippen LogP contribution in [0.25, 0.3) is 0 Å². The Kier molecular flexibility index (Phi) is 4.90. The van der Waals surface area contributed by atoms with E-state index in [0.717, 1.165) is 23.9 Å². The van der Waals surface area contributed by atoms with E-state index in [1.165, 1.54) is 0 Å². The Hall–Kier alpha value is -1.95. The molecule has 2 aromatic rings. The van der Waals surface area contributed by atoms with Gasteiger partial charge in [-0.1, -0.05) is 30.3 Å². The van der Waals surface area contributed by atoms with Gasteiger partial charge in [0.15, 0.2) is 0 Å². The van der Waals surface area contributed by atoms with Crippen molar-refractivity contribution in [2.24, 2.45) is 0 Å². The standard InChI is InChI=1S/C15H14F4N2/c16-12-6-7-14(21-9-12)13(15(17,18)19)10-20-8-11-4-2-1-3-5-11/h1-7,9,13,20H,8,10H2/t13-/m0/s1. The van der Waals surface area contributed by atoms with Crippen LogP contribution in [0.5, 0.6) is 0 Å². The van der Waals surface area contributed by atoms with Gasteiger partial charge < -0.3 is 5.32 Å². The Morgan fingerprint density at radius 1 is 1.05 bits per heavy atom. The van der Waals surface area contributed by atoms with Crippen LogP contribution in [0.4, 0.5) is 17.6 Å². The van der Waals surface area contributed by atoms with Gasteiger partial charge in [0.25, 0.3) is 0 Å². The quantitative estimate of drug-likeness (QED) is 0.852. The number of nitrogens with one attached hydrogen (secondary N) is 1. The highest BCUT2D eigenvalue weighted by atomic mass is 19.4. The van der Waals surface area contributed by atoms with Crippen molar-refractivity contribution in [1.29, 1.82) is 0 Å². The van der Waals surface area contributed by atoms with E-state index in [4.69, 9.17) is 0 Å². The zero-order valence-electron chi connectivity index (χ0n) is 11.1. The van der Waals surface area contributed by atoms with Crippen LogP contribution < -0.4 is 5.32 Å². The summed E-state index contributed by atoms with van der Waals surface area (Å²) >= 11 is 0. The Morgan fingerprint density at radius 3 is 2.33 bits per heavy atom. The van der Waals surface area contributed by atoms with Crippen molar-refractivity contribution in [1.82, 2.24) is 10.3 Å². The van der Waals surface area contributed by atoms with E-state index in [2.05, 4.69) is 10.3 Å². The fraction of sp³-hybridized carbons (Fsp3) is 0.267. The van der Waals surface area contributed by atoms with Crippen LogP contribution >= 0.6 is 0 Å². The van der Waals surface area contributed by atoms with Gasteiger partial charge in [-0.05, 0) is 17.7 Å². The van der Waals surface area contributed by atoms with Crippen LogP contribution in [0, 0.1) is 5.82 Å². The highest BCUT2D eigenvalue weighted by molar-refractivity contribution is 5.16.